The van der Waals surface area contributed by atoms with Crippen LogP contribution in [0.1, 0.15) is 35.9 Å². The molecule has 0 aliphatic carbocycles. The van der Waals surface area contributed by atoms with Gasteiger partial charge in [-0.3, -0.25) is 4.79 Å². The van der Waals surface area contributed by atoms with Gasteiger partial charge in [-0.05, 0) is 70.7 Å². The number of halogens is 2. The Balaban J connectivity index is 1.78. The van der Waals surface area contributed by atoms with Crippen LogP contribution in [0.4, 0.5) is 5.69 Å². The number of amides is 1. The lowest BCUT2D eigenvalue weighted by Gasteiger charge is -2.08. The summed E-state index contributed by atoms with van der Waals surface area (Å²) in [5.41, 5.74) is 2.69. The number of anilines is 1. The van der Waals surface area contributed by atoms with Crippen molar-refractivity contribution in [2.75, 3.05) is 5.32 Å². The van der Waals surface area contributed by atoms with Gasteiger partial charge in [-0.1, -0.05) is 35.3 Å². The maximum atomic E-state index is 12.4. The quantitative estimate of drug-likeness (QED) is 0.478. The molecule has 0 spiro atoms. The van der Waals surface area contributed by atoms with E-state index in [9.17, 15) is 4.79 Å². The largest absolute Gasteiger partial charge is 0.451 e. The Hall–Kier alpha value is -1.59. The van der Waals surface area contributed by atoms with Gasteiger partial charge in [0, 0.05) is 14.3 Å². The molecule has 0 aliphatic rings. The standard InChI is InChI=1S/C19H17Br2NO2/c1-2-3-4-12-5-7-16(15(21)9-12)22-19(23)18-11-13-10-14(20)6-8-17(13)24-18/h5-11H,2-4H2,1H3,(H,22,23). The molecule has 124 valence electrons. The predicted octanol–water partition coefficient (Wildman–Crippen LogP) is 6.55. The molecule has 1 amide bonds. The van der Waals surface area contributed by atoms with E-state index < -0.39 is 0 Å². The lowest BCUT2D eigenvalue weighted by molar-refractivity contribution is 0.0998. The molecule has 24 heavy (non-hydrogen) atoms. The number of hydrogen-bond acceptors (Lipinski definition) is 2. The van der Waals surface area contributed by atoms with Crippen molar-refractivity contribution in [2.24, 2.45) is 0 Å². The van der Waals surface area contributed by atoms with E-state index in [1.807, 2.05) is 30.3 Å². The van der Waals surface area contributed by atoms with Gasteiger partial charge in [0.05, 0.1) is 5.69 Å². The molecule has 2 aromatic carbocycles. The van der Waals surface area contributed by atoms with Crippen molar-refractivity contribution in [3.8, 4) is 0 Å². The van der Waals surface area contributed by atoms with Gasteiger partial charge in [0.15, 0.2) is 5.76 Å². The van der Waals surface area contributed by atoms with Crippen LogP contribution in [-0.2, 0) is 6.42 Å². The lowest BCUT2D eigenvalue weighted by atomic mass is 10.1. The lowest BCUT2D eigenvalue weighted by Crippen LogP contribution is -2.11. The maximum absolute atomic E-state index is 12.4. The van der Waals surface area contributed by atoms with E-state index >= 15 is 0 Å². The highest BCUT2D eigenvalue weighted by Crippen LogP contribution is 2.27. The van der Waals surface area contributed by atoms with Crippen LogP contribution >= 0.6 is 31.9 Å². The topological polar surface area (TPSA) is 42.2 Å². The van der Waals surface area contributed by atoms with Crippen LogP contribution in [0.25, 0.3) is 11.0 Å². The first-order valence-electron chi connectivity index (χ1n) is 7.85. The Labute approximate surface area is 157 Å². The molecule has 0 saturated heterocycles. The SMILES string of the molecule is CCCCc1ccc(NC(=O)c2cc3cc(Br)ccc3o2)c(Br)c1. The third-order valence-electron chi connectivity index (χ3n) is 3.80. The summed E-state index contributed by atoms with van der Waals surface area (Å²) >= 11 is 6.95. The summed E-state index contributed by atoms with van der Waals surface area (Å²) < 4.78 is 7.46. The number of unbranched alkanes of at least 4 members (excludes halogenated alkanes) is 1. The van der Waals surface area contributed by atoms with Gasteiger partial charge < -0.3 is 9.73 Å². The molecule has 0 saturated carbocycles. The molecule has 3 rings (SSSR count). The third-order valence-corrected chi connectivity index (χ3v) is 4.95. The minimum absolute atomic E-state index is 0.260. The Morgan fingerprint density at radius 1 is 1.12 bits per heavy atom. The summed E-state index contributed by atoms with van der Waals surface area (Å²) in [7, 11) is 0. The van der Waals surface area contributed by atoms with Crippen molar-refractivity contribution >= 4 is 54.4 Å². The average Bonchev–Trinajstić information content (AvgIpc) is 2.98. The summed E-state index contributed by atoms with van der Waals surface area (Å²) in [6, 6.07) is 13.4. The number of hydrogen-bond donors (Lipinski definition) is 1. The highest BCUT2D eigenvalue weighted by atomic mass is 79.9. The molecule has 0 aliphatic heterocycles. The molecular formula is C19H17Br2NO2. The molecule has 1 heterocycles. The van der Waals surface area contributed by atoms with Crippen molar-refractivity contribution in [3.63, 3.8) is 0 Å². The van der Waals surface area contributed by atoms with E-state index in [0.29, 0.717) is 11.3 Å². The minimum atomic E-state index is -0.260. The van der Waals surface area contributed by atoms with Crippen LogP contribution in [0.5, 0.6) is 0 Å². The highest BCUT2D eigenvalue weighted by Gasteiger charge is 2.14. The van der Waals surface area contributed by atoms with Crippen molar-refractivity contribution in [3.05, 3.63) is 62.7 Å². The van der Waals surface area contributed by atoms with E-state index in [2.05, 4.69) is 50.2 Å². The molecule has 0 fully saturated rings. The molecule has 3 nitrogen and oxygen atoms in total. The fraction of sp³-hybridized carbons (Fsp3) is 0.211. The first-order chi connectivity index (χ1) is 11.6. The number of aryl methyl sites for hydroxylation is 1. The highest BCUT2D eigenvalue weighted by molar-refractivity contribution is 9.10. The maximum Gasteiger partial charge on any atom is 0.291 e. The first-order valence-corrected chi connectivity index (χ1v) is 9.44. The molecule has 0 radical (unpaired) electrons. The third kappa shape index (κ3) is 3.90. The van der Waals surface area contributed by atoms with Crippen molar-refractivity contribution in [2.45, 2.75) is 26.2 Å². The molecule has 0 atom stereocenters. The predicted molar refractivity (Wildman–Crippen MR) is 105 cm³/mol. The van der Waals surface area contributed by atoms with Crippen LogP contribution in [-0.4, -0.2) is 5.91 Å². The number of fused-ring (bicyclic) bond motifs is 1. The normalized spacial score (nSPS) is 11.0. The van der Waals surface area contributed by atoms with Gasteiger partial charge in [0.25, 0.3) is 5.91 Å². The number of nitrogens with one attached hydrogen (secondary N) is 1. The average molecular weight is 451 g/mol. The summed E-state index contributed by atoms with van der Waals surface area (Å²) in [4.78, 5) is 12.4. The van der Waals surface area contributed by atoms with E-state index in [-0.39, 0.29) is 5.91 Å². The molecular weight excluding hydrogens is 434 g/mol. The number of rotatable bonds is 5. The van der Waals surface area contributed by atoms with E-state index in [1.165, 1.54) is 5.56 Å². The molecule has 0 bridgehead atoms. The summed E-state index contributed by atoms with van der Waals surface area (Å²) in [5.74, 6) is 0.0365. The zero-order valence-corrected chi connectivity index (χ0v) is 16.4. The molecule has 3 aromatic rings. The van der Waals surface area contributed by atoms with Crippen LogP contribution in [0, 0.1) is 0 Å². The van der Waals surface area contributed by atoms with Crippen molar-refractivity contribution in [1.82, 2.24) is 0 Å². The number of carbonyl (C=O) groups excluding carboxylic acids is 1. The molecule has 0 unspecified atom stereocenters. The van der Waals surface area contributed by atoms with Crippen LogP contribution in [0.15, 0.2) is 55.8 Å². The zero-order chi connectivity index (χ0) is 17.1. The molecule has 1 aromatic heterocycles. The van der Waals surface area contributed by atoms with Crippen LogP contribution in [0.2, 0.25) is 0 Å². The van der Waals surface area contributed by atoms with E-state index in [4.69, 9.17) is 4.42 Å². The number of carbonyl (C=O) groups is 1. The van der Waals surface area contributed by atoms with Gasteiger partial charge >= 0.3 is 0 Å². The van der Waals surface area contributed by atoms with Gasteiger partial charge in [-0.25, -0.2) is 0 Å². The fourth-order valence-corrected chi connectivity index (χ4v) is 3.41. The molecule has 1 N–H and O–H groups in total. The van der Waals surface area contributed by atoms with Gasteiger partial charge in [0.1, 0.15) is 5.58 Å². The fourth-order valence-electron chi connectivity index (χ4n) is 2.51. The van der Waals surface area contributed by atoms with Gasteiger partial charge in [0.2, 0.25) is 0 Å². The van der Waals surface area contributed by atoms with Crippen LogP contribution < -0.4 is 5.32 Å². The van der Waals surface area contributed by atoms with Gasteiger partial charge in [-0.2, -0.15) is 0 Å². The van der Waals surface area contributed by atoms with E-state index in [0.717, 1.165) is 39.3 Å². The smallest absolute Gasteiger partial charge is 0.291 e. The second-order valence-electron chi connectivity index (χ2n) is 5.66. The monoisotopic (exact) mass is 449 g/mol. The van der Waals surface area contributed by atoms with Crippen molar-refractivity contribution in [1.29, 1.82) is 0 Å². The summed E-state index contributed by atoms with van der Waals surface area (Å²) in [5, 5.41) is 3.79. The second-order valence-corrected chi connectivity index (χ2v) is 7.43. The Bertz CT molecular complexity index is 886. The zero-order valence-electron chi connectivity index (χ0n) is 13.2. The Morgan fingerprint density at radius 2 is 1.96 bits per heavy atom. The Kier molecular flexibility index (Phi) is 5.41. The molecule has 5 heteroatoms. The summed E-state index contributed by atoms with van der Waals surface area (Å²) in [6.45, 7) is 2.18. The number of furan rings is 1. The number of benzene rings is 2. The summed E-state index contributed by atoms with van der Waals surface area (Å²) in [6.07, 6.45) is 3.37. The van der Waals surface area contributed by atoms with Crippen LogP contribution in [0.3, 0.4) is 0 Å². The Morgan fingerprint density at radius 3 is 2.71 bits per heavy atom. The second kappa shape index (κ2) is 7.53. The first kappa shape index (κ1) is 17.2. The minimum Gasteiger partial charge on any atom is -0.451 e. The van der Waals surface area contributed by atoms with Gasteiger partial charge in [-0.15, -0.1) is 0 Å². The van der Waals surface area contributed by atoms with Crippen molar-refractivity contribution < 1.29 is 9.21 Å². The van der Waals surface area contributed by atoms with E-state index in [1.54, 1.807) is 6.07 Å².